The molecule has 1 atom stereocenters. The Morgan fingerprint density at radius 3 is 2.43 bits per heavy atom. The minimum Gasteiger partial charge on any atom is -0.327 e. The van der Waals surface area contributed by atoms with Crippen molar-refractivity contribution in [1.82, 2.24) is 0 Å². The number of Topliss-reactive ketones (excluding diaryl/α,β-unsaturated/α-hetero) is 1. The number of alkyl halides is 3. The average molecular weight is 211 g/mol. The maximum atomic E-state index is 11.7. The van der Waals surface area contributed by atoms with Crippen LogP contribution >= 0.6 is 0 Å². The van der Waals surface area contributed by atoms with E-state index in [1.54, 1.807) is 0 Å². The molecule has 0 aromatic heterocycles. The number of nitrogens with two attached hydrogens (primary N) is 1. The van der Waals surface area contributed by atoms with Gasteiger partial charge in [-0.15, -0.1) is 0 Å². The topological polar surface area (TPSA) is 43.1 Å². The van der Waals surface area contributed by atoms with Gasteiger partial charge in [0.25, 0.3) is 0 Å². The molecule has 0 aromatic carbocycles. The van der Waals surface area contributed by atoms with Crippen LogP contribution in [-0.4, -0.2) is 18.0 Å². The van der Waals surface area contributed by atoms with Gasteiger partial charge in [-0.25, -0.2) is 0 Å². The maximum Gasteiger partial charge on any atom is 0.389 e. The van der Waals surface area contributed by atoms with E-state index in [2.05, 4.69) is 0 Å². The highest BCUT2D eigenvalue weighted by Crippen LogP contribution is 2.22. The molecule has 2 nitrogen and oxygen atoms in total. The average Bonchev–Trinajstić information content (AvgIpc) is 2.01. The first-order valence-corrected chi connectivity index (χ1v) is 4.69. The quantitative estimate of drug-likeness (QED) is 0.733. The fourth-order valence-electron chi connectivity index (χ4n) is 1.02. The normalized spacial score (nSPS) is 14.1. The lowest BCUT2D eigenvalue weighted by Crippen LogP contribution is -2.22. The lowest BCUT2D eigenvalue weighted by Gasteiger charge is -2.08. The van der Waals surface area contributed by atoms with Crippen LogP contribution in [0, 0.1) is 0 Å². The van der Waals surface area contributed by atoms with Crippen molar-refractivity contribution in [3.8, 4) is 0 Å². The SMILES string of the molecule is CCC(N)CC(=O)CCCC(F)(F)F. The first-order chi connectivity index (χ1) is 6.35. The highest BCUT2D eigenvalue weighted by atomic mass is 19.4. The fourth-order valence-corrected chi connectivity index (χ4v) is 1.02. The first kappa shape index (κ1) is 13.4. The summed E-state index contributed by atoms with van der Waals surface area (Å²) >= 11 is 0. The van der Waals surface area contributed by atoms with Crippen LogP contribution in [0.25, 0.3) is 0 Å². The predicted molar refractivity (Wildman–Crippen MR) is 47.8 cm³/mol. The molecule has 0 spiro atoms. The predicted octanol–water partition coefficient (Wildman–Crippen LogP) is 2.42. The van der Waals surface area contributed by atoms with Gasteiger partial charge < -0.3 is 5.73 Å². The molecule has 0 saturated heterocycles. The highest BCUT2D eigenvalue weighted by molar-refractivity contribution is 5.78. The molecule has 1 unspecified atom stereocenters. The van der Waals surface area contributed by atoms with Crippen LogP contribution in [0.2, 0.25) is 0 Å². The lowest BCUT2D eigenvalue weighted by atomic mass is 10.0. The second-order valence-corrected chi connectivity index (χ2v) is 3.38. The largest absolute Gasteiger partial charge is 0.389 e. The zero-order chi connectivity index (χ0) is 11.2. The van der Waals surface area contributed by atoms with Gasteiger partial charge in [0.05, 0.1) is 0 Å². The Morgan fingerprint density at radius 1 is 1.43 bits per heavy atom. The Kier molecular flexibility index (Phi) is 5.76. The van der Waals surface area contributed by atoms with E-state index in [-0.39, 0.29) is 31.1 Å². The minimum atomic E-state index is -4.16. The van der Waals surface area contributed by atoms with Crippen molar-refractivity contribution in [3.63, 3.8) is 0 Å². The second kappa shape index (κ2) is 6.01. The number of ketones is 1. The standard InChI is InChI=1S/C9H16F3NO/c1-2-7(13)6-8(14)4-3-5-9(10,11)12/h7H,2-6,13H2,1H3. The van der Waals surface area contributed by atoms with Crippen LogP contribution in [0.4, 0.5) is 13.2 Å². The van der Waals surface area contributed by atoms with Gasteiger partial charge in [-0.2, -0.15) is 13.2 Å². The smallest absolute Gasteiger partial charge is 0.327 e. The van der Waals surface area contributed by atoms with E-state index >= 15 is 0 Å². The third-order valence-electron chi connectivity index (χ3n) is 1.93. The van der Waals surface area contributed by atoms with Gasteiger partial charge in [0.15, 0.2) is 0 Å². The molecule has 14 heavy (non-hydrogen) atoms. The summed E-state index contributed by atoms with van der Waals surface area (Å²) < 4.78 is 35.1. The van der Waals surface area contributed by atoms with Crippen LogP contribution in [0.1, 0.15) is 39.0 Å². The molecule has 2 N–H and O–H groups in total. The van der Waals surface area contributed by atoms with Crippen molar-refractivity contribution in [1.29, 1.82) is 0 Å². The van der Waals surface area contributed by atoms with Crippen LogP contribution in [-0.2, 0) is 4.79 Å². The van der Waals surface area contributed by atoms with Crippen molar-refractivity contribution in [2.24, 2.45) is 5.73 Å². The van der Waals surface area contributed by atoms with Gasteiger partial charge in [-0.3, -0.25) is 4.79 Å². The van der Waals surface area contributed by atoms with Crippen molar-refractivity contribution in [3.05, 3.63) is 0 Å². The lowest BCUT2D eigenvalue weighted by molar-refractivity contribution is -0.137. The molecule has 0 fully saturated rings. The number of hydrogen-bond acceptors (Lipinski definition) is 2. The summed E-state index contributed by atoms with van der Waals surface area (Å²) in [6.07, 6.45) is -4.33. The Bertz CT molecular complexity index is 179. The van der Waals surface area contributed by atoms with Gasteiger partial charge in [-0.1, -0.05) is 6.92 Å². The van der Waals surface area contributed by atoms with Crippen molar-refractivity contribution >= 4 is 5.78 Å². The van der Waals surface area contributed by atoms with E-state index in [9.17, 15) is 18.0 Å². The zero-order valence-corrected chi connectivity index (χ0v) is 8.23. The monoisotopic (exact) mass is 211 g/mol. The molecule has 84 valence electrons. The summed E-state index contributed by atoms with van der Waals surface area (Å²) in [4.78, 5) is 11.1. The molecule has 0 amide bonds. The Hall–Kier alpha value is -0.580. The van der Waals surface area contributed by atoms with Gasteiger partial charge in [0, 0.05) is 25.3 Å². The molecule has 5 heteroatoms. The summed E-state index contributed by atoms with van der Waals surface area (Å²) in [5.41, 5.74) is 5.49. The molecule has 0 saturated carbocycles. The van der Waals surface area contributed by atoms with Crippen LogP contribution in [0.3, 0.4) is 0 Å². The summed E-state index contributed by atoms with van der Waals surface area (Å²) in [7, 11) is 0. The van der Waals surface area contributed by atoms with E-state index in [1.807, 2.05) is 6.92 Å². The molecule has 0 aromatic rings. The van der Waals surface area contributed by atoms with Gasteiger partial charge in [0.2, 0.25) is 0 Å². The Labute approximate surface area is 81.7 Å². The molecule has 0 bridgehead atoms. The van der Waals surface area contributed by atoms with E-state index in [0.29, 0.717) is 6.42 Å². The molecule has 0 aliphatic rings. The molecule has 0 aliphatic carbocycles. The molecule has 0 radical (unpaired) electrons. The number of carbonyl (C=O) groups is 1. The fraction of sp³-hybridized carbons (Fsp3) is 0.889. The van der Waals surface area contributed by atoms with E-state index in [1.165, 1.54) is 0 Å². The third kappa shape index (κ3) is 8.04. The summed E-state index contributed by atoms with van der Waals surface area (Å²) in [6, 6.07) is -0.214. The van der Waals surface area contributed by atoms with E-state index in [4.69, 9.17) is 5.73 Å². The molecule has 0 heterocycles. The molecule has 0 rings (SSSR count). The van der Waals surface area contributed by atoms with Crippen LogP contribution in [0.15, 0.2) is 0 Å². The minimum absolute atomic E-state index is 0.0206. The molecule has 0 aliphatic heterocycles. The van der Waals surface area contributed by atoms with Crippen molar-refractivity contribution in [2.45, 2.75) is 51.2 Å². The maximum absolute atomic E-state index is 11.7. The highest BCUT2D eigenvalue weighted by Gasteiger charge is 2.26. The number of halogens is 3. The Balaban J connectivity index is 3.55. The molecular weight excluding hydrogens is 195 g/mol. The number of hydrogen-bond donors (Lipinski definition) is 1. The summed E-state index contributed by atoms with van der Waals surface area (Å²) in [5, 5.41) is 0. The third-order valence-corrected chi connectivity index (χ3v) is 1.93. The van der Waals surface area contributed by atoms with Gasteiger partial charge in [0.1, 0.15) is 5.78 Å². The Morgan fingerprint density at radius 2 is 2.00 bits per heavy atom. The summed E-state index contributed by atoms with van der Waals surface area (Å²) in [5.74, 6) is -0.177. The van der Waals surface area contributed by atoms with Crippen LogP contribution < -0.4 is 5.73 Å². The number of rotatable bonds is 6. The van der Waals surface area contributed by atoms with Crippen molar-refractivity contribution < 1.29 is 18.0 Å². The summed E-state index contributed by atoms with van der Waals surface area (Å²) in [6.45, 7) is 1.84. The molecular formula is C9H16F3NO. The number of carbonyl (C=O) groups excluding carboxylic acids is 1. The van der Waals surface area contributed by atoms with Gasteiger partial charge in [-0.05, 0) is 12.8 Å². The second-order valence-electron chi connectivity index (χ2n) is 3.38. The first-order valence-electron chi connectivity index (χ1n) is 4.69. The van der Waals surface area contributed by atoms with E-state index < -0.39 is 12.6 Å². The zero-order valence-electron chi connectivity index (χ0n) is 8.23. The van der Waals surface area contributed by atoms with Crippen LogP contribution in [0.5, 0.6) is 0 Å². The van der Waals surface area contributed by atoms with Crippen molar-refractivity contribution in [2.75, 3.05) is 0 Å². The van der Waals surface area contributed by atoms with E-state index in [0.717, 1.165) is 0 Å². The van der Waals surface area contributed by atoms with Gasteiger partial charge >= 0.3 is 6.18 Å².